The van der Waals surface area contributed by atoms with E-state index in [4.69, 9.17) is 11.6 Å². The van der Waals surface area contributed by atoms with Crippen molar-refractivity contribution in [2.45, 2.75) is 31.1 Å². The van der Waals surface area contributed by atoms with Gasteiger partial charge in [-0.3, -0.25) is 0 Å². The maximum Gasteiger partial charge on any atom is 0.0825 e. The summed E-state index contributed by atoms with van der Waals surface area (Å²) in [5.41, 5.74) is 0. The molecule has 0 saturated heterocycles. The van der Waals surface area contributed by atoms with E-state index >= 15 is 0 Å². The summed E-state index contributed by atoms with van der Waals surface area (Å²) in [5.74, 6) is 2.05. The van der Waals surface area contributed by atoms with Crippen molar-refractivity contribution < 1.29 is 4.48 Å². The van der Waals surface area contributed by atoms with E-state index in [2.05, 4.69) is 20.4 Å². The van der Waals surface area contributed by atoms with Gasteiger partial charge >= 0.3 is 0 Å². The number of halogens is 1. The standard InChI is InChI=1S/C12H25ClNS/c1-14(2,8-5-9-15-3)10-11-6-4-7-12(11)13/h11-12H,4-10H2,1-3H3/q+1. The van der Waals surface area contributed by atoms with Crippen LogP contribution in [0.25, 0.3) is 0 Å². The van der Waals surface area contributed by atoms with Crippen LogP contribution in [0, 0.1) is 5.92 Å². The van der Waals surface area contributed by atoms with E-state index in [1.54, 1.807) is 0 Å². The number of hydrogen-bond donors (Lipinski definition) is 0. The summed E-state index contributed by atoms with van der Waals surface area (Å²) in [6.07, 6.45) is 7.43. The molecular formula is C12H25ClNS+. The highest BCUT2D eigenvalue weighted by Gasteiger charge is 2.31. The lowest BCUT2D eigenvalue weighted by Crippen LogP contribution is -2.45. The van der Waals surface area contributed by atoms with Crippen molar-refractivity contribution in [2.24, 2.45) is 5.92 Å². The van der Waals surface area contributed by atoms with Crippen LogP contribution in [0.2, 0.25) is 0 Å². The summed E-state index contributed by atoms with van der Waals surface area (Å²) in [6, 6.07) is 0. The first-order chi connectivity index (χ1) is 7.05. The Morgan fingerprint density at radius 2 is 2.07 bits per heavy atom. The fraction of sp³-hybridized carbons (Fsp3) is 1.00. The molecule has 90 valence electrons. The second-order valence-corrected chi connectivity index (χ2v) is 6.94. The zero-order chi connectivity index (χ0) is 11.3. The van der Waals surface area contributed by atoms with Gasteiger partial charge in [-0.25, -0.2) is 0 Å². The lowest BCUT2D eigenvalue weighted by Gasteiger charge is -2.33. The van der Waals surface area contributed by atoms with E-state index < -0.39 is 0 Å². The first-order valence-electron chi connectivity index (χ1n) is 6.00. The average molecular weight is 251 g/mol. The second-order valence-electron chi connectivity index (χ2n) is 5.40. The molecule has 0 aromatic heterocycles. The van der Waals surface area contributed by atoms with Crippen molar-refractivity contribution in [2.75, 3.05) is 39.2 Å². The van der Waals surface area contributed by atoms with Crippen LogP contribution in [-0.2, 0) is 0 Å². The molecule has 1 nitrogen and oxygen atoms in total. The van der Waals surface area contributed by atoms with Gasteiger partial charge in [-0.15, -0.1) is 11.6 Å². The molecule has 1 rings (SSSR count). The molecule has 1 fully saturated rings. The molecule has 0 spiro atoms. The Hall–Kier alpha value is 0.600. The van der Waals surface area contributed by atoms with Crippen LogP contribution in [0.1, 0.15) is 25.7 Å². The number of rotatable bonds is 6. The summed E-state index contributed by atoms with van der Waals surface area (Å²) in [7, 11) is 4.70. The average Bonchev–Trinajstić information content (AvgIpc) is 2.51. The molecule has 0 N–H and O–H groups in total. The molecule has 0 amide bonds. The van der Waals surface area contributed by atoms with Crippen LogP contribution < -0.4 is 0 Å². The number of nitrogens with zero attached hydrogens (tertiary/aromatic N) is 1. The van der Waals surface area contributed by atoms with Crippen molar-refractivity contribution in [3.8, 4) is 0 Å². The minimum atomic E-state index is 0.447. The number of thioether (sulfide) groups is 1. The van der Waals surface area contributed by atoms with Gasteiger partial charge in [0.05, 0.1) is 27.2 Å². The Morgan fingerprint density at radius 3 is 2.60 bits per heavy atom. The molecule has 0 bridgehead atoms. The number of quaternary nitrogens is 1. The summed E-state index contributed by atoms with van der Waals surface area (Å²) in [4.78, 5) is 0. The van der Waals surface area contributed by atoms with E-state index in [9.17, 15) is 0 Å². The van der Waals surface area contributed by atoms with Crippen LogP contribution in [0.4, 0.5) is 0 Å². The Bertz CT molecular complexity index is 184. The summed E-state index contributed by atoms with van der Waals surface area (Å²) < 4.78 is 1.15. The molecule has 2 unspecified atom stereocenters. The second kappa shape index (κ2) is 6.36. The van der Waals surface area contributed by atoms with Gasteiger partial charge in [-0.05, 0) is 24.9 Å². The first kappa shape index (κ1) is 13.7. The molecular weight excluding hydrogens is 226 g/mol. The van der Waals surface area contributed by atoms with Crippen molar-refractivity contribution >= 4 is 23.4 Å². The molecule has 0 aliphatic heterocycles. The monoisotopic (exact) mass is 250 g/mol. The molecule has 3 heteroatoms. The Labute approximate surface area is 104 Å². The van der Waals surface area contributed by atoms with Crippen molar-refractivity contribution in [1.29, 1.82) is 0 Å². The van der Waals surface area contributed by atoms with E-state index in [0.717, 1.165) is 10.4 Å². The molecule has 0 heterocycles. The Balaban J connectivity index is 2.27. The van der Waals surface area contributed by atoms with Gasteiger partial charge in [0.2, 0.25) is 0 Å². The molecule has 0 aromatic carbocycles. The maximum atomic E-state index is 6.33. The molecule has 1 aliphatic rings. The topological polar surface area (TPSA) is 0 Å². The zero-order valence-corrected chi connectivity index (χ0v) is 11.9. The highest BCUT2D eigenvalue weighted by molar-refractivity contribution is 7.98. The summed E-state index contributed by atoms with van der Waals surface area (Å²) in [6.45, 7) is 2.56. The zero-order valence-electron chi connectivity index (χ0n) is 10.3. The minimum absolute atomic E-state index is 0.447. The van der Waals surface area contributed by atoms with Gasteiger partial charge in [0.15, 0.2) is 0 Å². The predicted octanol–water partition coefficient (Wildman–Crippen LogP) is 3.22. The van der Waals surface area contributed by atoms with Crippen LogP contribution in [0.3, 0.4) is 0 Å². The largest absolute Gasteiger partial charge is 0.328 e. The van der Waals surface area contributed by atoms with E-state index in [1.807, 2.05) is 11.8 Å². The molecule has 0 radical (unpaired) electrons. The third kappa shape index (κ3) is 4.97. The van der Waals surface area contributed by atoms with Crippen molar-refractivity contribution in [3.05, 3.63) is 0 Å². The fourth-order valence-corrected chi connectivity index (χ4v) is 3.34. The Kier molecular flexibility index (Phi) is 5.80. The highest BCUT2D eigenvalue weighted by Crippen LogP contribution is 2.31. The number of hydrogen-bond acceptors (Lipinski definition) is 1. The third-order valence-corrected chi connectivity index (χ3v) is 4.68. The quantitative estimate of drug-likeness (QED) is 0.396. The minimum Gasteiger partial charge on any atom is -0.328 e. The van der Waals surface area contributed by atoms with Crippen LogP contribution in [-0.4, -0.2) is 49.1 Å². The third-order valence-electron chi connectivity index (χ3n) is 3.41. The van der Waals surface area contributed by atoms with Crippen molar-refractivity contribution in [3.63, 3.8) is 0 Å². The summed E-state index contributed by atoms with van der Waals surface area (Å²) >= 11 is 8.28. The predicted molar refractivity (Wildman–Crippen MR) is 71.8 cm³/mol. The molecule has 0 aromatic rings. The van der Waals surface area contributed by atoms with Crippen molar-refractivity contribution in [1.82, 2.24) is 0 Å². The van der Waals surface area contributed by atoms with E-state index in [-0.39, 0.29) is 0 Å². The van der Waals surface area contributed by atoms with Gasteiger partial charge in [-0.1, -0.05) is 6.42 Å². The van der Waals surface area contributed by atoms with Gasteiger partial charge in [0, 0.05) is 17.7 Å². The van der Waals surface area contributed by atoms with E-state index in [0.29, 0.717) is 5.38 Å². The molecule has 2 atom stereocenters. The summed E-state index contributed by atoms with van der Waals surface area (Å²) in [5, 5.41) is 0.447. The van der Waals surface area contributed by atoms with Gasteiger partial charge in [-0.2, -0.15) is 11.8 Å². The fourth-order valence-electron chi connectivity index (χ4n) is 2.56. The highest BCUT2D eigenvalue weighted by atomic mass is 35.5. The number of alkyl halides is 1. The van der Waals surface area contributed by atoms with Crippen LogP contribution in [0.15, 0.2) is 0 Å². The van der Waals surface area contributed by atoms with Gasteiger partial charge in [0.1, 0.15) is 0 Å². The van der Waals surface area contributed by atoms with Crippen LogP contribution >= 0.6 is 23.4 Å². The lowest BCUT2D eigenvalue weighted by molar-refractivity contribution is -0.893. The van der Waals surface area contributed by atoms with Gasteiger partial charge < -0.3 is 4.48 Å². The molecule has 1 saturated carbocycles. The Morgan fingerprint density at radius 1 is 1.33 bits per heavy atom. The van der Waals surface area contributed by atoms with E-state index in [1.165, 1.54) is 44.5 Å². The molecule has 1 aliphatic carbocycles. The smallest absolute Gasteiger partial charge is 0.0825 e. The first-order valence-corrected chi connectivity index (χ1v) is 7.83. The lowest BCUT2D eigenvalue weighted by atomic mass is 10.1. The maximum absolute atomic E-state index is 6.33. The SMILES string of the molecule is CSCCC[N+](C)(C)CC1CCCC1Cl. The molecule has 15 heavy (non-hydrogen) atoms. The van der Waals surface area contributed by atoms with Crippen LogP contribution in [0.5, 0.6) is 0 Å². The van der Waals surface area contributed by atoms with Gasteiger partial charge in [0.25, 0.3) is 0 Å². The normalized spacial score (nSPS) is 27.2.